The molecule has 1 saturated heterocycles. The highest BCUT2D eigenvalue weighted by Crippen LogP contribution is 2.18. The van der Waals surface area contributed by atoms with Gasteiger partial charge in [-0.15, -0.1) is 0 Å². The highest BCUT2D eigenvalue weighted by atomic mass is 16.5. The summed E-state index contributed by atoms with van der Waals surface area (Å²) in [5, 5.41) is 2.81. The van der Waals surface area contributed by atoms with Crippen molar-refractivity contribution in [3.05, 3.63) is 29.8 Å². The van der Waals surface area contributed by atoms with Gasteiger partial charge in [-0.05, 0) is 24.1 Å². The first-order chi connectivity index (χ1) is 8.64. The highest BCUT2D eigenvalue weighted by Gasteiger charge is 2.38. The van der Waals surface area contributed by atoms with E-state index in [1.165, 1.54) is 0 Å². The summed E-state index contributed by atoms with van der Waals surface area (Å²) in [6, 6.07) is 7.50. The summed E-state index contributed by atoms with van der Waals surface area (Å²) in [7, 11) is 1.65. The number of hydrogen-bond acceptors (Lipinski definition) is 4. The predicted octanol–water partition coefficient (Wildman–Crippen LogP) is 0.889. The van der Waals surface area contributed by atoms with Crippen molar-refractivity contribution < 1.29 is 14.3 Å². The zero-order valence-electron chi connectivity index (χ0n) is 10.4. The number of benzene rings is 1. The SMILES string of the molecule is COCc1ccc(NC(=O)C2(N)CCOC2)cc1. The van der Waals surface area contributed by atoms with Gasteiger partial charge >= 0.3 is 0 Å². The Hall–Kier alpha value is -1.43. The van der Waals surface area contributed by atoms with Gasteiger partial charge < -0.3 is 20.5 Å². The van der Waals surface area contributed by atoms with Crippen molar-refractivity contribution in [2.75, 3.05) is 25.6 Å². The van der Waals surface area contributed by atoms with Gasteiger partial charge in [0.25, 0.3) is 0 Å². The summed E-state index contributed by atoms with van der Waals surface area (Å²) in [6.07, 6.45) is 0.556. The van der Waals surface area contributed by atoms with Gasteiger partial charge in [0.05, 0.1) is 13.2 Å². The van der Waals surface area contributed by atoms with Crippen LogP contribution in [0.4, 0.5) is 5.69 Å². The van der Waals surface area contributed by atoms with E-state index in [0.717, 1.165) is 11.3 Å². The van der Waals surface area contributed by atoms with E-state index in [1.54, 1.807) is 7.11 Å². The molecule has 1 unspecified atom stereocenters. The molecule has 3 N–H and O–H groups in total. The summed E-state index contributed by atoms with van der Waals surface area (Å²) in [6.45, 7) is 1.38. The molecule has 1 fully saturated rings. The standard InChI is InChI=1S/C13H18N2O3/c1-17-8-10-2-4-11(5-3-10)15-12(16)13(14)6-7-18-9-13/h2-5H,6-9,14H2,1H3,(H,15,16). The maximum Gasteiger partial charge on any atom is 0.246 e. The van der Waals surface area contributed by atoms with Crippen molar-refractivity contribution in [3.8, 4) is 0 Å². The lowest BCUT2D eigenvalue weighted by Crippen LogP contribution is -2.51. The van der Waals surface area contributed by atoms with Crippen LogP contribution < -0.4 is 11.1 Å². The van der Waals surface area contributed by atoms with E-state index in [2.05, 4.69) is 5.32 Å². The minimum absolute atomic E-state index is 0.195. The number of hydrogen-bond donors (Lipinski definition) is 2. The van der Waals surface area contributed by atoms with Crippen molar-refractivity contribution in [2.24, 2.45) is 5.73 Å². The minimum atomic E-state index is -0.898. The Morgan fingerprint density at radius 2 is 2.22 bits per heavy atom. The zero-order valence-corrected chi connectivity index (χ0v) is 10.4. The number of nitrogens with two attached hydrogens (primary N) is 1. The number of rotatable bonds is 4. The lowest BCUT2D eigenvalue weighted by Gasteiger charge is -2.20. The molecule has 1 aromatic carbocycles. The fraction of sp³-hybridized carbons (Fsp3) is 0.462. The van der Waals surface area contributed by atoms with Crippen molar-refractivity contribution in [1.29, 1.82) is 0 Å². The molecular weight excluding hydrogens is 232 g/mol. The van der Waals surface area contributed by atoms with Gasteiger partial charge in [-0.3, -0.25) is 4.79 Å². The number of nitrogens with one attached hydrogen (secondary N) is 1. The second kappa shape index (κ2) is 5.48. The molecule has 0 radical (unpaired) electrons. The normalized spacial score (nSPS) is 23.0. The summed E-state index contributed by atoms with van der Waals surface area (Å²) in [5.41, 5.74) is 6.86. The van der Waals surface area contributed by atoms with Crippen LogP contribution in [0.2, 0.25) is 0 Å². The van der Waals surface area contributed by atoms with Gasteiger partial charge in [-0.25, -0.2) is 0 Å². The average molecular weight is 250 g/mol. The quantitative estimate of drug-likeness (QED) is 0.832. The zero-order chi connectivity index (χ0) is 13.0. The molecule has 0 saturated carbocycles. The number of anilines is 1. The van der Waals surface area contributed by atoms with Crippen LogP contribution in [0.25, 0.3) is 0 Å². The van der Waals surface area contributed by atoms with Crippen LogP contribution in [0.3, 0.4) is 0 Å². The van der Waals surface area contributed by atoms with E-state index in [0.29, 0.717) is 19.6 Å². The molecule has 0 spiro atoms. The summed E-state index contributed by atoms with van der Waals surface area (Å²) in [4.78, 5) is 12.0. The van der Waals surface area contributed by atoms with Gasteiger partial charge in [0.1, 0.15) is 5.54 Å². The Labute approximate surface area is 106 Å². The summed E-state index contributed by atoms with van der Waals surface area (Å²) < 4.78 is 10.2. The third-order valence-corrected chi connectivity index (χ3v) is 3.03. The molecule has 0 bridgehead atoms. The molecule has 5 heteroatoms. The smallest absolute Gasteiger partial charge is 0.246 e. The second-order valence-corrected chi connectivity index (χ2v) is 4.54. The largest absolute Gasteiger partial charge is 0.380 e. The monoisotopic (exact) mass is 250 g/mol. The van der Waals surface area contributed by atoms with Crippen LogP contribution >= 0.6 is 0 Å². The fourth-order valence-corrected chi connectivity index (χ4v) is 1.87. The third kappa shape index (κ3) is 2.87. The van der Waals surface area contributed by atoms with Crippen LogP contribution in [0.1, 0.15) is 12.0 Å². The Kier molecular flexibility index (Phi) is 3.96. The van der Waals surface area contributed by atoms with Gasteiger partial charge in [0, 0.05) is 19.4 Å². The highest BCUT2D eigenvalue weighted by molar-refractivity contribution is 5.98. The predicted molar refractivity (Wildman–Crippen MR) is 68.1 cm³/mol. The maximum absolute atomic E-state index is 12.0. The van der Waals surface area contributed by atoms with Crippen LogP contribution in [0.5, 0.6) is 0 Å². The molecule has 1 aromatic rings. The van der Waals surface area contributed by atoms with Crippen LogP contribution in [-0.4, -0.2) is 31.8 Å². The molecule has 0 aliphatic carbocycles. The number of ether oxygens (including phenoxy) is 2. The van der Waals surface area contributed by atoms with Crippen molar-refractivity contribution >= 4 is 11.6 Å². The van der Waals surface area contributed by atoms with E-state index in [-0.39, 0.29) is 12.5 Å². The fourth-order valence-electron chi connectivity index (χ4n) is 1.87. The lowest BCUT2D eigenvalue weighted by atomic mass is 9.99. The van der Waals surface area contributed by atoms with Gasteiger partial charge in [-0.2, -0.15) is 0 Å². The van der Waals surface area contributed by atoms with Gasteiger partial charge in [-0.1, -0.05) is 12.1 Å². The van der Waals surface area contributed by atoms with Crippen molar-refractivity contribution in [3.63, 3.8) is 0 Å². The number of carbonyl (C=O) groups excluding carboxylic acids is 1. The second-order valence-electron chi connectivity index (χ2n) is 4.54. The third-order valence-electron chi connectivity index (χ3n) is 3.03. The van der Waals surface area contributed by atoms with Crippen molar-refractivity contribution in [1.82, 2.24) is 0 Å². The van der Waals surface area contributed by atoms with E-state index in [4.69, 9.17) is 15.2 Å². The first kappa shape index (κ1) is 13.0. The van der Waals surface area contributed by atoms with E-state index < -0.39 is 5.54 Å². The average Bonchev–Trinajstić information content (AvgIpc) is 2.80. The molecule has 1 atom stereocenters. The van der Waals surface area contributed by atoms with Crippen LogP contribution in [-0.2, 0) is 20.9 Å². The first-order valence-corrected chi connectivity index (χ1v) is 5.90. The lowest BCUT2D eigenvalue weighted by molar-refractivity contribution is -0.121. The Morgan fingerprint density at radius 1 is 1.50 bits per heavy atom. The molecule has 18 heavy (non-hydrogen) atoms. The Bertz CT molecular complexity index is 411. The van der Waals surface area contributed by atoms with E-state index >= 15 is 0 Å². The van der Waals surface area contributed by atoms with Gasteiger partial charge in [0.2, 0.25) is 5.91 Å². The molecule has 2 rings (SSSR count). The van der Waals surface area contributed by atoms with Crippen LogP contribution in [0, 0.1) is 0 Å². The van der Waals surface area contributed by atoms with E-state index in [1.807, 2.05) is 24.3 Å². The molecule has 1 amide bonds. The molecule has 5 nitrogen and oxygen atoms in total. The first-order valence-electron chi connectivity index (χ1n) is 5.90. The molecule has 1 heterocycles. The molecular formula is C13H18N2O3. The number of carbonyl (C=O) groups is 1. The summed E-state index contributed by atoms with van der Waals surface area (Å²) >= 11 is 0. The topological polar surface area (TPSA) is 73.6 Å². The molecule has 1 aliphatic rings. The number of amides is 1. The molecule has 1 aliphatic heterocycles. The Balaban J connectivity index is 1.98. The van der Waals surface area contributed by atoms with Crippen molar-refractivity contribution in [2.45, 2.75) is 18.6 Å². The maximum atomic E-state index is 12.0. The minimum Gasteiger partial charge on any atom is -0.380 e. The number of methoxy groups -OCH3 is 1. The van der Waals surface area contributed by atoms with Crippen LogP contribution in [0.15, 0.2) is 24.3 Å². The van der Waals surface area contributed by atoms with Gasteiger partial charge in [0.15, 0.2) is 0 Å². The Morgan fingerprint density at radius 3 is 2.78 bits per heavy atom. The molecule has 98 valence electrons. The molecule has 0 aromatic heterocycles. The summed E-state index contributed by atoms with van der Waals surface area (Å²) in [5.74, 6) is -0.195. The van der Waals surface area contributed by atoms with E-state index in [9.17, 15) is 4.79 Å².